The van der Waals surface area contributed by atoms with Crippen molar-refractivity contribution in [3.05, 3.63) is 39.8 Å². The van der Waals surface area contributed by atoms with Gasteiger partial charge in [0, 0.05) is 21.8 Å². The highest BCUT2D eigenvalue weighted by molar-refractivity contribution is 9.10. The number of aromatic nitrogens is 2. The van der Waals surface area contributed by atoms with Gasteiger partial charge in [0.2, 0.25) is 0 Å². The van der Waals surface area contributed by atoms with Crippen molar-refractivity contribution in [2.45, 2.75) is 70.6 Å². The number of carbonyl (C=O) groups is 1. The molecule has 1 N–H and O–H groups in total. The third kappa shape index (κ3) is 3.15. The van der Waals surface area contributed by atoms with Gasteiger partial charge in [-0.25, -0.2) is 9.78 Å². The van der Waals surface area contributed by atoms with Gasteiger partial charge in [-0.1, -0.05) is 22.0 Å². The highest BCUT2D eigenvalue weighted by atomic mass is 79.9. The lowest BCUT2D eigenvalue weighted by molar-refractivity contribution is 0.0175. The Labute approximate surface area is 174 Å². The quantitative estimate of drug-likeness (QED) is 0.641. The molecule has 1 unspecified atom stereocenters. The summed E-state index contributed by atoms with van der Waals surface area (Å²) < 4.78 is 6.81. The number of ether oxygens (including phenoxy) is 1. The maximum absolute atomic E-state index is 12.9. The first-order valence-electron chi connectivity index (χ1n) is 10.2. The smallest absolute Gasteiger partial charge is 0.411 e. The molecule has 2 fully saturated rings. The van der Waals surface area contributed by atoms with Crippen LogP contribution in [-0.2, 0) is 17.6 Å². The van der Waals surface area contributed by atoms with Crippen molar-refractivity contribution < 1.29 is 9.53 Å². The standard InChI is InChI=1S/C22H26BrN3O2/c1-22(2,3)28-21(27)26-17-10-13(17)11-18(26)20-24-16-6-4-5-12-9-14(23)7-8-15(12)19(16)25-20/h7-9,13,17-18H,4-6,10-11H2,1-3H3,(H,24,25)/t13-,17-,18?/m1/s1. The maximum Gasteiger partial charge on any atom is 0.411 e. The molecule has 0 bridgehead atoms. The highest BCUT2D eigenvalue weighted by Gasteiger charge is 2.56. The normalized spacial score (nSPS) is 25.6. The second-order valence-electron chi connectivity index (χ2n) is 9.31. The number of hydrogen-bond acceptors (Lipinski definition) is 3. The molecule has 1 aliphatic heterocycles. The summed E-state index contributed by atoms with van der Waals surface area (Å²) in [6.45, 7) is 5.76. The van der Waals surface area contributed by atoms with Crippen molar-refractivity contribution in [2.24, 2.45) is 5.92 Å². The van der Waals surface area contributed by atoms with Crippen molar-refractivity contribution >= 4 is 22.0 Å². The van der Waals surface area contributed by atoms with Gasteiger partial charge in [0.15, 0.2) is 0 Å². The minimum absolute atomic E-state index is 0.00979. The maximum atomic E-state index is 12.9. The minimum Gasteiger partial charge on any atom is -0.444 e. The molecule has 5 rings (SSSR count). The Bertz CT molecular complexity index is 946. The number of halogens is 1. The lowest BCUT2D eigenvalue weighted by Gasteiger charge is -2.29. The van der Waals surface area contributed by atoms with E-state index in [-0.39, 0.29) is 12.1 Å². The van der Waals surface area contributed by atoms with Crippen molar-refractivity contribution in [1.82, 2.24) is 14.9 Å². The lowest BCUT2D eigenvalue weighted by atomic mass is 10.0. The molecular weight excluding hydrogens is 418 g/mol. The van der Waals surface area contributed by atoms with E-state index < -0.39 is 5.60 Å². The van der Waals surface area contributed by atoms with E-state index in [0.29, 0.717) is 12.0 Å². The van der Waals surface area contributed by atoms with Gasteiger partial charge in [0.05, 0.1) is 11.7 Å². The SMILES string of the molecule is CC(C)(C)OC(=O)N1C(c2nc3c([nH]2)CCCc2cc(Br)ccc2-3)C[C@H]2C[C@H]21. The molecule has 0 radical (unpaired) electrons. The average Bonchev–Trinajstić information content (AvgIpc) is 3.12. The number of aromatic amines is 1. The Morgan fingerprint density at radius 3 is 2.89 bits per heavy atom. The first-order valence-corrected chi connectivity index (χ1v) is 11.0. The van der Waals surface area contributed by atoms with Crippen LogP contribution in [0.25, 0.3) is 11.3 Å². The van der Waals surface area contributed by atoms with Crippen LogP contribution in [0.15, 0.2) is 22.7 Å². The van der Waals surface area contributed by atoms with E-state index in [4.69, 9.17) is 9.72 Å². The molecule has 2 aromatic rings. The predicted molar refractivity (Wildman–Crippen MR) is 111 cm³/mol. The molecular formula is C22H26BrN3O2. The van der Waals surface area contributed by atoms with Crippen LogP contribution < -0.4 is 0 Å². The van der Waals surface area contributed by atoms with Crippen LogP contribution in [0.5, 0.6) is 0 Å². The molecule has 5 nitrogen and oxygen atoms in total. The van der Waals surface area contributed by atoms with Crippen LogP contribution in [0.3, 0.4) is 0 Å². The third-order valence-electron chi connectivity index (χ3n) is 6.02. The number of aryl methyl sites for hydroxylation is 2. The molecule has 2 aliphatic carbocycles. The summed E-state index contributed by atoms with van der Waals surface area (Å²) in [6.07, 6.45) is 5.01. The lowest BCUT2D eigenvalue weighted by Crippen LogP contribution is -2.38. The molecule has 1 saturated carbocycles. The fourth-order valence-corrected chi connectivity index (χ4v) is 5.13. The number of imidazole rings is 1. The Morgan fingerprint density at radius 2 is 2.11 bits per heavy atom. The Morgan fingerprint density at radius 1 is 1.29 bits per heavy atom. The van der Waals surface area contributed by atoms with Crippen molar-refractivity contribution in [3.8, 4) is 11.3 Å². The van der Waals surface area contributed by atoms with Gasteiger partial charge >= 0.3 is 6.09 Å². The molecule has 1 aromatic heterocycles. The van der Waals surface area contributed by atoms with Crippen LogP contribution in [0.4, 0.5) is 4.79 Å². The van der Waals surface area contributed by atoms with E-state index in [0.717, 1.165) is 48.1 Å². The summed E-state index contributed by atoms with van der Waals surface area (Å²) in [7, 11) is 0. The summed E-state index contributed by atoms with van der Waals surface area (Å²) >= 11 is 3.59. The molecule has 1 saturated heterocycles. The molecule has 28 heavy (non-hydrogen) atoms. The molecule has 1 aromatic carbocycles. The van der Waals surface area contributed by atoms with Crippen molar-refractivity contribution in [3.63, 3.8) is 0 Å². The van der Waals surface area contributed by atoms with Gasteiger partial charge in [-0.05, 0) is 76.5 Å². The van der Waals surface area contributed by atoms with Crippen molar-refractivity contribution in [2.75, 3.05) is 0 Å². The molecule has 6 heteroatoms. The van der Waals surface area contributed by atoms with E-state index in [2.05, 4.69) is 39.1 Å². The van der Waals surface area contributed by atoms with Gasteiger partial charge in [-0.15, -0.1) is 0 Å². The molecule has 2 heterocycles. The monoisotopic (exact) mass is 443 g/mol. The fraction of sp³-hybridized carbons (Fsp3) is 0.545. The van der Waals surface area contributed by atoms with Gasteiger partial charge in [-0.3, -0.25) is 4.90 Å². The number of rotatable bonds is 1. The number of H-pyrrole nitrogens is 1. The summed E-state index contributed by atoms with van der Waals surface area (Å²) in [5, 5.41) is 0. The molecule has 148 valence electrons. The molecule has 0 spiro atoms. The second-order valence-corrected chi connectivity index (χ2v) is 10.2. The van der Waals surface area contributed by atoms with Crippen molar-refractivity contribution in [1.29, 1.82) is 0 Å². The predicted octanol–water partition coefficient (Wildman–Crippen LogP) is 5.40. The first-order chi connectivity index (χ1) is 13.3. The minimum atomic E-state index is -0.485. The number of amides is 1. The van der Waals surface area contributed by atoms with Gasteiger partial charge < -0.3 is 9.72 Å². The van der Waals surface area contributed by atoms with E-state index >= 15 is 0 Å². The number of carbonyl (C=O) groups excluding carboxylic acids is 1. The number of piperidine rings is 1. The van der Waals surface area contributed by atoms with E-state index in [9.17, 15) is 4.79 Å². The number of nitrogens with one attached hydrogen (secondary N) is 1. The Balaban J connectivity index is 1.49. The number of likely N-dealkylation sites (tertiary alicyclic amines) is 1. The Hall–Kier alpha value is -1.82. The van der Waals surface area contributed by atoms with E-state index in [1.54, 1.807) is 0 Å². The highest BCUT2D eigenvalue weighted by Crippen LogP contribution is 2.53. The zero-order valence-corrected chi connectivity index (χ0v) is 18.2. The summed E-state index contributed by atoms with van der Waals surface area (Å²) in [5.41, 5.74) is 4.32. The summed E-state index contributed by atoms with van der Waals surface area (Å²) in [5.74, 6) is 1.50. The Kier molecular flexibility index (Phi) is 4.13. The van der Waals surface area contributed by atoms with Crippen LogP contribution in [0.2, 0.25) is 0 Å². The summed E-state index contributed by atoms with van der Waals surface area (Å²) in [6, 6.07) is 6.75. The van der Waals surface area contributed by atoms with Gasteiger partial charge in [0.25, 0.3) is 0 Å². The third-order valence-corrected chi connectivity index (χ3v) is 6.51. The van der Waals surface area contributed by atoms with E-state index in [1.165, 1.54) is 16.8 Å². The fourth-order valence-electron chi connectivity index (χ4n) is 4.72. The number of nitrogens with zero attached hydrogens (tertiary/aromatic N) is 2. The average molecular weight is 444 g/mol. The van der Waals surface area contributed by atoms with Gasteiger partial charge in [0.1, 0.15) is 11.4 Å². The molecule has 1 amide bonds. The number of hydrogen-bond donors (Lipinski definition) is 1. The van der Waals surface area contributed by atoms with Gasteiger partial charge in [-0.2, -0.15) is 0 Å². The van der Waals surface area contributed by atoms with Crippen LogP contribution in [-0.4, -0.2) is 32.6 Å². The zero-order valence-electron chi connectivity index (χ0n) is 16.6. The first kappa shape index (κ1) is 18.2. The van der Waals surface area contributed by atoms with Crippen LogP contribution >= 0.6 is 15.9 Å². The summed E-state index contributed by atoms with van der Waals surface area (Å²) in [4.78, 5) is 23.4. The largest absolute Gasteiger partial charge is 0.444 e. The molecule has 3 aliphatic rings. The number of fused-ring (bicyclic) bond motifs is 4. The second kappa shape index (κ2) is 6.34. The number of benzene rings is 1. The topological polar surface area (TPSA) is 58.2 Å². The van der Waals surface area contributed by atoms with Crippen LogP contribution in [0, 0.1) is 5.92 Å². The molecule has 3 atom stereocenters. The van der Waals surface area contributed by atoms with E-state index in [1.807, 2.05) is 25.7 Å². The zero-order chi connectivity index (χ0) is 19.6. The van der Waals surface area contributed by atoms with Crippen LogP contribution in [0.1, 0.15) is 63.2 Å².